The minimum atomic E-state index is -0.437. The highest BCUT2D eigenvalue weighted by atomic mass is 35.5. The van der Waals surface area contributed by atoms with Gasteiger partial charge in [-0.3, -0.25) is 0 Å². The van der Waals surface area contributed by atoms with E-state index in [0.717, 1.165) is 0 Å². The van der Waals surface area contributed by atoms with Crippen LogP contribution in [-0.2, 0) is 0 Å². The number of benzene rings is 1. The van der Waals surface area contributed by atoms with E-state index in [9.17, 15) is 4.39 Å². The molecular weight excluding hydrogens is 203 g/mol. The number of aliphatic hydroxyl groups excluding tert-OH is 1. The average Bonchev–Trinajstić information content (AvgIpc) is 2.18. The van der Waals surface area contributed by atoms with E-state index in [0.29, 0.717) is 18.4 Å². The van der Waals surface area contributed by atoms with Gasteiger partial charge in [0.1, 0.15) is 5.82 Å². The first-order chi connectivity index (χ1) is 6.74. The zero-order chi connectivity index (χ0) is 10.4. The first-order valence-corrected chi connectivity index (χ1v) is 4.66. The SMILES string of the molecule is OCCCC#Cc1ccc(F)c(Cl)c1. The Morgan fingerprint density at radius 2 is 2.21 bits per heavy atom. The monoisotopic (exact) mass is 212 g/mol. The van der Waals surface area contributed by atoms with Gasteiger partial charge in [-0.05, 0) is 24.6 Å². The van der Waals surface area contributed by atoms with E-state index in [1.807, 2.05) is 0 Å². The van der Waals surface area contributed by atoms with Crippen LogP contribution in [0.1, 0.15) is 18.4 Å². The quantitative estimate of drug-likeness (QED) is 0.590. The van der Waals surface area contributed by atoms with Gasteiger partial charge < -0.3 is 5.11 Å². The highest BCUT2D eigenvalue weighted by Gasteiger charge is 1.97. The number of rotatable bonds is 2. The Morgan fingerprint density at radius 3 is 2.86 bits per heavy atom. The fraction of sp³-hybridized carbons (Fsp3) is 0.273. The van der Waals surface area contributed by atoms with Gasteiger partial charge in [0.25, 0.3) is 0 Å². The highest BCUT2D eigenvalue weighted by molar-refractivity contribution is 6.30. The maximum Gasteiger partial charge on any atom is 0.141 e. The van der Waals surface area contributed by atoms with Crippen LogP contribution in [0.4, 0.5) is 4.39 Å². The van der Waals surface area contributed by atoms with Crippen LogP contribution in [0.5, 0.6) is 0 Å². The van der Waals surface area contributed by atoms with Gasteiger partial charge in [-0.25, -0.2) is 4.39 Å². The van der Waals surface area contributed by atoms with Gasteiger partial charge in [0.15, 0.2) is 0 Å². The standard InChI is InChI=1S/C11H10ClFO/c12-10-8-9(5-6-11(10)13)4-2-1-3-7-14/h5-6,8,14H,1,3,7H2. The predicted molar refractivity (Wildman–Crippen MR) is 54.6 cm³/mol. The summed E-state index contributed by atoms with van der Waals surface area (Å²) in [5, 5.41) is 8.59. The molecule has 0 radical (unpaired) electrons. The van der Waals surface area contributed by atoms with E-state index in [1.54, 1.807) is 6.07 Å². The van der Waals surface area contributed by atoms with Gasteiger partial charge >= 0.3 is 0 Å². The summed E-state index contributed by atoms with van der Waals surface area (Å²) in [5.74, 6) is 5.26. The first-order valence-electron chi connectivity index (χ1n) is 4.29. The van der Waals surface area contributed by atoms with Crippen molar-refractivity contribution in [3.63, 3.8) is 0 Å². The molecule has 0 aliphatic rings. The lowest BCUT2D eigenvalue weighted by atomic mass is 10.2. The van der Waals surface area contributed by atoms with Gasteiger partial charge in [-0.1, -0.05) is 23.4 Å². The van der Waals surface area contributed by atoms with Crippen LogP contribution in [-0.4, -0.2) is 11.7 Å². The van der Waals surface area contributed by atoms with E-state index < -0.39 is 5.82 Å². The summed E-state index contributed by atoms with van der Waals surface area (Å²) < 4.78 is 12.7. The zero-order valence-corrected chi connectivity index (χ0v) is 8.31. The van der Waals surface area contributed by atoms with E-state index in [-0.39, 0.29) is 11.6 Å². The van der Waals surface area contributed by atoms with Crippen LogP contribution < -0.4 is 0 Å². The molecule has 0 saturated heterocycles. The van der Waals surface area contributed by atoms with Crippen molar-refractivity contribution >= 4 is 11.6 Å². The Balaban J connectivity index is 2.66. The van der Waals surface area contributed by atoms with Crippen molar-refractivity contribution < 1.29 is 9.50 Å². The molecule has 0 atom stereocenters. The largest absolute Gasteiger partial charge is 0.396 e. The molecule has 1 aromatic carbocycles. The normalized spacial score (nSPS) is 9.36. The Labute approximate surface area is 87.5 Å². The summed E-state index contributed by atoms with van der Waals surface area (Å²) in [4.78, 5) is 0. The summed E-state index contributed by atoms with van der Waals surface area (Å²) in [6.07, 6.45) is 1.29. The molecule has 0 fully saturated rings. The fourth-order valence-corrected chi connectivity index (χ4v) is 1.09. The molecule has 0 saturated carbocycles. The maximum atomic E-state index is 12.7. The minimum absolute atomic E-state index is 0.0824. The summed E-state index contributed by atoms with van der Waals surface area (Å²) >= 11 is 5.57. The molecule has 1 aromatic rings. The lowest BCUT2D eigenvalue weighted by Gasteiger charge is -1.93. The summed E-state index contributed by atoms with van der Waals surface area (Å²) in [7, 11) is 0. The summed E-state index contributed by atoms with van der Waals surface area (Å²) in [5.41, 5.74) is 0.689. The smallest absolute Gasteiger partial charge is 0.141 e. The highest BCUT2D eigenvalue weighted by Crippen LogP contribution is 2.15. The molecule has 1 rings (SSSR count). The van der Waals surface area contributed by atoms with Crippen LogP contribution in [0.25, 0.3) is 0 Å². The van der Waals surface area contributed by atoms with Crippen molar-refractivity contribution in [3.05, 3.63) is 34.6 Å². The molecule has 1 nitrogen and oxygen atoms in total. The number of halogens is 2. The third-order valence-corrected chi connectivity index (χ3v) is 1.90. The molecule has 0 aliphatic carbocycles. The molecule has 0 heterocycles. The van der Waals surface area contributed by atoms with Crippen LogP contribution in [0.2, 0.25) is 5.02 Å². The Kier molecular flexibility index (Phi) is 4.45. The Hall–Kier alpha value is -1.04. The van der Waals surface area contributed by atoms with E-state index in [1.165, 1.54) is 12.1 Å². The second kappa shape index (κ2) is 5.64. The van der Waals surface area contributed by atoms with E-state index in [2.05, 4.69) is 11.8 Å². The third-order valence-electron chi connectivity index (χ3n) is 1.61. The second-order valence-corrected chi connectivity index (χ2v) is 3.17. The van der Waals surface area contributed by atoms with Gasteiger partial charge in [-0.2, -0.15) is 0 Å². The number of unbranched alkanes of at least 4 members (excludes halogenated alkanes) is 1. The van der Waals surface area contributed by atoms with E-state index >= 15 is 0 Å². The number of hydrogen-bond acceptors (Lipinski definition) is 1. The maximum absolute atomic E-state index is 12.7. The number of hydrogen-bond donors (Lipinski definition) is 1. The van der Waals surface area contributed by atoms with Gasteiger partial charge in [-0.15, -0.1) is 0 Å². The van der Waals surface area contributed by atoms with Crippen molar-refractivity contribution in [3.8, 4) is 11.8 Å². The first kappa shape index (κ1) is 11.0. The Morgan fingerprint density at radius 1 is 1.43 bits per heavy atom. The van der Waals surface area contributed by atoms with Crippen LogP contribution >= 0.6 is 11.6 Å². The molecule has 0 spiro atoms. The van der Waals surface area contributed by atoms with Crippen molar-refractivity contribution in [2.75, 3.05) is 6.61 Å². The van der Waals surface area contributed by atoms with Crippen molar-refractivity contribution in [2.24, 2.45) is 0 Å². The number of aliphatic hydroxyl groups is 1. The van der Waals surface area contributed by atoms with Crippen molar-refractivity contribution in [2.45, 2.75) is 12.8 Å². The zero-order valence-electron chi connectivity index (χ0n) is 7.56. The molecule has 74 valence electrons. The second-order valence-electron chi connectivity index (χ2n) is 2.76. The topological polar surface area (TPSA) is 20.2 Å². The van der Waals surface area contributed by atoms with Gasteiger partial charge in [0, 0.05) is 18.6 Å². The molecular formula is C11H10ClFO. The van der Waals surface area contributed by atoms with Crippen LogP contribution in [0.15, 0.2) is 18.2 Å². The molecule has 0 amide bonds. The molecule has 3 heteroatoms. The van der Waals surface area contributed by atoms with Gasteiger partial charge in [0.2, 0.25) is 0 Å². The van der Waals surface area contributed by atoms with E-state index in [4.69, 9.17) is 16.7 Å². The van der Waals surface area contributed by atoms with Crippen molar-refractivity contribution in [1.82, 2.24) is 0 Å². The molecule has 0 unspecified atom stereocenters. The molecule has 14 heavy (non-hydrogen) atoms. The molecule has 1 N–H and O–H groups in total. The molecule has 0 aromatic heterocycles. The summed E-state index contributed by atoms with van der Waals surface area (Å²) in [6.45, 7) is 0.138. The lowest BCUT2D eigenvalue weighted by Crippen LogP contribution is -1.81. The average molecular weight is 213 g/mol. The fourth-order valence-electron chi connectivity index (χ4n) is 0.906. The van der Waals surface area contributed by atoms with Crippen molar-refractivity contribution in [1.29, 1.82) is 0 Å². The minimum Gasteiger partial charge on any atom is -0.396 e. The van der Waals surface area contributed by atoms with Crippen LogP contribution in [0.3, 0.4) is 0 Å². The molecule has 0 aliphatic heterocycles. The molecule has 0 bridgehead atoms. The predicted octanol–water partition coefficient (Wildman–Crippen LogP) is 2.60. The Bertz CT molecular complexity index is 365. The van der Waals surface area contributed by atoms with Crippen LogP contribution in [0, 0.1) is 17.7 Å². The third kappa shape index (κ3) is 3.37. The van der Waals surface area contributed by atoms with Gasteiger partial charge in [0.05, 0.1) is 5.02 Å². The summed E-state index contributed by atoms with van der Waals surface area (Å²) in [6, 6.07) is 4.36. The lowest BCUT2D eigenvalue weighted by molar-refractivity contribution is 0.290.